The first kappa shape index (κ1) is 14.1. The number of rotatable bonds is 4. The van der Waals surface area contributed by atoms with E-state index in [1.165, 1.54) is 32.0 Å². The van der Waals surface area contributed by atoms with Crippen molar-refractivity contribution in [3.05, 3.63) is 24.5 Å². The quantitative estimate of drug-likeness (QED) is 0.871. The zero-order valence-electron chi connectivity index (χ0n) is 12.3. The van der Waals surface area contributed by atoms with Crippen LogP contribution in [0.5, 0.6) is 0 Å². The third-order valence-corrected chi connectivity index (χ3v) is 4.05. The molecule has 1 saturated carbocycles. The minimum Gasteiger partial charge on any atom is -0.339 e. The minimum atomic E-state index is 0.301. The van der Waals surface area contributed by atoms with Gasteiger partial charge in [-0.1, -0.05) is 31.3 Å². The number of hydrogen-bond acceptors (Lipinski definition) is 6. The van der Waals surface area contributed by atoms with Crippen LogP contribution in [0.2, 0.25) is 0 Å². The third-order valence-electron chi connectivity index (χ3n) is 4.05. The highest BCUT2D eigenvalue weighted by Gasteiger charge is 2.29. The topological polar surface area (TPSA) is 76.7 Å². The maximum Gasteiger partial charge on any atom is 0.231 e. The molecular formula is C15H21N5O. The van der Waals surface area contributed by atoms with E-state index < -0.39 is 0 Å². The monoisotopic (exact) mass is 287 g/mol. The number of aromatic nitrogens is 4. The summed E-state index contributed by atoms with van der Waals surface area (Å²) in [5, 5.41) is 7.65. The summed E-state index contributed by atoms with van der Waals surface area (Å²) < 4.78 is 5.53. The Morgan fingerprint density at radius 2 is 2.19 bits per heavy atom. The fourth-order valence-electron chi connectivity index (χ4n) is 3.02. The highest BCUT2D eigenvalue weighted by molar-refractivity contribution is 5.46. The molecule has 0 spiro atoms. The Labute approximate surface area is 124 Å². The Balaban J connectivity index is 1.83. The summed E-state index contributed by atoms with van der Waals surface area (Å²) in [5.74, 6) is 1.58. The number of nitrogens with zero attached hydrogens (tertiary/aromatic N) is 4. The van der Waals surface area contributed by atoms with Crippen molar-refractivity contribution in [2.24, 2.45) is 0 Å². The van der Waals surface area contributed by atoms with Crippen molar-refractivity contribution in [3.8, 4) is 11.5 Å². The Kier molecular flexibility index (Phi) is 4.55. The van der Waals surface area contributed by atoms with Crippen molar-refractivity contribution in [2.75, 3.05) is 6.54 Å². The van der Waals surface area contributed by atoms with Gasteiger partial charge in [0.05, 0.1) is 5.92 Å². The summed E-state index contributed by atoms with van der Waals surface area (Å²) in [6.07, 6.45) is 9.22. The van der Waals surface area contributed by atoms with E-state index in [1.54, 1.807) is 12.3 Å². The van der Waals surface area contributed by atoms with E-state index >= 15 is 0 Å². The molecule has 0 radical (unpaired) electrons. The summed E-state index contributed by atoms with van der Waals surface area (Å²) in [7, 11) is 0. The first-order valence-corrected chi connectivity index (χ1v) is 7.72. The lowest BCUT2D eigenvalue weighted by Crippen LogP contribution is -2.34. The maximum atomic E-state index is 5.53. The van der Waals surface area contributed by atoms with Crippen LogP contribution in [0.3, 0.4) is 0 Å². The zero-order valence-corrected chi connectivity index (χ0v) is 12.3. The maximum absolute atomic E-state index is 5.53. The van der Waals surface area contributed by atoms with E-state index in [1.807, 2.05) is 0 Å². The van der Waals surface area contributed by atoms with Gasteiger partial charge in [0, 0.05) is 12.2 Å². The summed E-state index contributed by atoms with van der Waals surface area (Å²) in [6.45, 7) is 3.11. The highest BCUT2D eigenvalue weighted by atomic mass is 16.5. The van der Waals surface area contributed by atoms with E-state index in [9.17, 15) is 0 Å². The van der Waals surface area contributed by atoms with E-state index in [4.69, 9.17) is 4.52 Å². The van der Waals surface area contributed by atoms with Gasteiger partial charge in [0.15, 0.2) is 0 Å². The molecule has 0 saturated heterocycles. The van der Waals surface area contributed by atoms with Crippen LogP contribution >= 0.6 is 0 Å². The Bertz CT molecular complexity index is 556. The predicted molar refractivity (Wildman–Crippen MR) is 78.6 cm³/mol. The van der Waals surface area contributed by atoms with Gasteiger partial charge < -0.3 is 9.84 Å². The van der Waals surface area contributed by atoms with Crippen LogP contribution in [0.15, 0.2) is 23.1 Å². The standard InChI is InChI=1S/C15H21N5O/c1-2-17-12-7-5-3-4-6-11(12)15-19-14(20-21-15)13-8-9-16-10-18-13/h8-12,17H,2-7H2,1H3. The van der Waals surface area contributed by atoms with Crippen LogP contribution in [0.25, 0.3) is 11.5 Å². The average molecular weight is 287 g/mol. The van der Waals surface area contributed by atoms with Crippen LogP contribution in [0.1, 0.15) is 50.8 Å². The lowest BCUT2D eigenvalue weighted by Gasteiger charge is -2.22. The van der Waals surface area contributed by atoms with E-state index in [0.717, 1.165) is 18.9 Å². The van der Waals surface area contributed by atoms with Crippen molar-refractivity contribution >= 4 is 0 Å². The first-order valence-electron chi connectivity index (χ1n) is 7.72. The van der Waals surface area contributed by atoms with Crippen LogP contribution in [0, 0.1) is 0 Å². The number of likely N-dealkylation sites (N-methyl/N-ethyl adjacent to an activating group) is 1. The lowest BCUT2D eigenvalue weighted by atomic mass is 9.94. The number of hydrogen-bond donors (Lipinski definition) is 1. The van der Waals surface area contributed by atoms with Gasteiger partial charge >= 0.3 is 0 Å². The predicted octanol–water partition coefficient (Wildman–Crippen LogP) is 2.55. The van der Waals surface area contributed by atoms with Gasteiger partial charge in [-0.3, -0.25) is 0 Å². The molecule has 2 aromatic heterocycles. The van der Waals surface area contributed by atoms with Crippen LogP contribution in [-0.2, 0) is 0 Å². The van der Waals surface area contributed by atoms with Gasteiger partial charge in [0.2, 0.25) is 11.7 Å². The van der Waals surface area contributed by atoms with Crippen LogP contribution < -0.4 is 5.32 Å². The van der Waals surface area contributed by atoms with Crippen LogP contribution in [-0.4, -0.2) is 32.7 Å². The largest absolute Gasteiger partial charge is 0.339 e. The lowest BCUT2D eigenvalue weighted by molar-refractivity contribution is 0.306. The van der Waals surface area contributed by atoms with Crippen molar-refractivity contribution in [1.29, 1.82) is 0 Å². The molecule has 0 bridgehead atoms. The summed E-state index contributed by atoms with van der Waals surface area (Å²) in [5.41, 5.74) is 0.702. The van der Waals surface area contributed by atoms with E-state index in [0.29, 0.717) is 23.5 Å². The molecule has 112 valence electrons. The highest BCUT2D eigenvalue weighted by Crippen LogP contribution is 2.31. The molecule has 2 atom stereocenters. The smallest absolute Gasteiger partial charge is 0.231 e. The van der Waals surface area contributed by atoms with Gasteiger partial charge in [-0.05, 0) is 25.5 Å². The average Bonchev–Trinajstić information content (AvgIpc) is 2.90. The summed E-state index contributed by atoms with van der Waals surface area (Å²) in [6, 6.07) is 2.22. The molecule has 1 aliphatic carbocycles. The Morgan fingerprint density at radius 1 is 1.29 bits per heavy atom. The van der Waals surface area contributed by atoms with Crippen molar-refractivity contribution in [2.45, 2.75) is 51.0 Å². The van der Waals surface area contributed by atoms with Crippen molar-refractivity contribution < 1.29 is 4.52 Å². The molecule has 0 amide bonds. The molecule has 2 aromatic rings. The Morgan fingerprint density at radius 3 is 3.00 bits per heavy atom. The van der Waals surface area contributed by atoms with Gasteiger partial charge in [-0.25, -0.2) is 9.97 Å². The summed E-state index contributed by atoms with van der Waals surface area (Å²) in [4.78, 5) is 12.6. The zero-order chi connectivity index (χ0) is 14.5. The molecule has 0 aliphatic heterocycles. The second kappa shape index (κ2) is 6.76. The molecule has 21 heavy (non-hydrogen) atoms. The van der Waals surface area contributed by atoms with Gasteiger partial charge in [0.25, 0.3) is 0 Å². The molecule has 1 N–H and O–H groups in total. The fourth-order valence-corrected chi connectivity index (χ4v) is 3.02. The molecule has 6 heteroatoms. The SMILES string of the molecule is CCNC1CCCCCC1c1nc(-c2ccncn2)no1. The van der Waals surface area contributed by atoms with Crippen molar-refractivity contribution in [3.63, 3.8) is 0 Å². The molecular weight excluding hydrogens is 266 g/mol. The van der Waals surface area contributed by atoms with Gasteiger partial charge in [-0.15, -0.1) is 0 Å². The molecule has 2 unspecified atom stereocenters. The van der Waals surface area contributed by atoms with Gasteiger partial charge in [0.1, 0.15) is 12.0 Å². The number of nitrogens with one attached hydrogen (secondary N) is 1. The molecule has 2 heterocycles. The molecule has 6 nitrogen and oxygen atoms in total. The van der Waals surface area contributed by atoms with Crippen molar-refractivity contribution in [1.82, 2.24) is 25.4 Å². The van der Waals surface area contributed by atoms with E-state index in [2.05, 4.69) is 32.3 Å². The van der Waals surface area contributed by atoms with Crippen LogP contribution in [0.4, 0.5) is 0 Å². The molecule has 3 rings (SSSR count). The first-order chi connectivity index (χ1) is 10.4. The fraction of sp³-hybridized carbons (Fsp3) is 0.600. The molecule has 1 aliphatic rings. The second-order valence-electron chi connectivity index (χ2n) is 5.46. The van der Waals surface area contributed by atoms with E-state index in [-0.39, 0.29) is 0 Å². The normalized spacial score (nSPS) is 22.9. The van der Waals surface area contributed by atoms with Gasteiger partial charge in [-0.2, -0.15) is 4.98 Å². The summed E-state index contributed by atoms with van der Waals surface area (Å²) >= 11 is 0. The minimum absolute atomic E-state index is 0.301. The molecule has 1 fully saturated rings. The molecule has 0 aromatic carbocycles. The Hall–Kier alpha value is -1.82. The third kappa shape index (κ3) is 3.26. The second-order valence-corrected chi connectivity index (χ2v) is 5.46.